The summed E-state index contributed by atoms with van der Waals surface area (Å²) < 4.78 is 10.5. The van der Waals surface area contributed by atoms with E-state index in [1.807, 2.05) is 6.92 Å². The van der Waals surface area contributed by atoms with Gasteiger partial charge in [-0.2, -0.15) is 5.10 Å². The van der Waals surface area contributed by atoms with E-state index in [9.17, 15) is 4.79 Å². The number of furan rings is 1. The maximum Gasteiger partial charge on any atom is 0.277 e. The molecule has 0 unspecified atom stereocenters. The highest BCUT2D eigenvalue weighted by Crippen LogP contribution is 2.27. The van der Waals surface area contributed by atoms with Gasteiger partial charge in [0, 0.05) is 5.02 Å². The van der Waals surface area contributed by atoms with Gasteiger partial charge in [-0.05, 0) is 37.3 Å². The summed E-state index contributed by atoms with van der Waals surface area (Å²) in [4.78, 5) is 11.5. The first-order valence-corrected chi connectivity index (χ1v) is 6.76. The van der Waals surface area contributed by atoms with Crippen LogP contribution in [0.15, 0.2) is 39.9 Å². The van der Waals surface area contributed by atoms with Crippen LogP contribution in [0.25, 0.3) is 0 Å². The first-order valence-electron chi connectivity index (χ1n) is 6.01. The number of nitrogens with one attached hydrogen (secondary N) is 1. The second kappa shape index (κ2) is 7.15. The molecule has 0 aliphatic rings. The smallest absolute Gasteiger partial charge is 0.277 e. The van der Waals surface area contributed by atoms with Gasteiger partial charge in [-0.1, -0.05) is 23.2 Å². The number of nitrogens with zero attached hydrogens (tertiary/aromatic N) is 1. The molecule has 110 valence electrons. The highest BCUT2D eigenvalue weighted by atomic mass is 35.5. The van der Waals surface area contributed by atoms with Gasteiger partial charge in [0.05, 0.1) is 11.2 Å². The van der Waals surface area contributed by atoms with Crippen molar-refractivity contribution in [2.24, 2.45) is 5.10 Å². The van der Waals surface area contributed by atoms with E-state index in [0.29, 0.717) is 21.6 Å². The molecule has 1 aromatic carbocycles. The van der Waals surface area contributed by atoms with Crippen molar-refractivity contribution >= 4 is 35.3 Å². The first-order chi connectivity index (χ1) is 10.0. The number of ether oxygens (including phenoxy) is 1. The Morgan fingerprint density at radius 1 is 1.38 bits per heavy atom. The number of amides is 1. The molecular formula is C14H12Cl2N2O3. The molecule has 2 aromatic rings. The zero-order chi connectivity index (χ0) is 15.2. The Kier molecular flexibility index (Phi) is 5.25. The third-order valence-electron chi connectivity index (χ3n) is 2.39. The number of halogens is 2. The van der Waals surface area contributed by atoms with E-state index in [1.54, 1.807) is 24.3 Å². The second-order valence-electron chi connectivity index (χ2n) is 4.11. The van der Waals surface area contributed by atoms with Crippen molar-refractivity contribution in [3.05, 3.63) is 51.9 Å². The Labute approximate surface area is 131 Å². The summed E-state index contributed by atoms with van der Waals surface area (Å²) in [5.41, 5.74) is 2.32. The van der Waals surface area contributed by atoms with Gasteiger partial charge in [-0.15, -0.1) is 0 Å². The Hall–Kier alpha value is -1.98. The summed E-state index contributed by atoms with van der Waals surface area (Å²) >= 11 is 11.7. The molecule has 0 spiro atoms. The molecule has 5 nitrogen and oxygen atoms in total. The minimum absolute atomic E-state index is 0.212. The van der Waals surface area contributed by atoms with Crippen molar-refractivity contribution in [1.29, 1.82) is 0 Å². The van der Waals surface area contributed by atoms with Crippen molar-refractivity contribution in [3.63, 3.8) is 0 Å². The molecule has 21 heavy (non-hydrogen) atoms. The lowest BCUT2D eigenvalue weighted by Gasteiger charge is -2.06. The number of benzene rings is 1. The molecule has 0 radical (unpaired) electrons. The fraction of sp³-hybridized carbons (Fsp3) is 0.143. The monoisotopic (exact) mass is 326 g/mol. The molecule has 0 atom stereocenters. The number of hydrogen-bond acceptors (Lipinski definition) is 4. The van der Waals surface area contributed by atoms with Gasteiger partial charge in [0.1, 0.15) is 17.3 Å². The van der Waals surface area contributed by atoms with Crippen LogP contribution in [-0.2, 0) is 4.79 Å². The van der Waals surface area contributed by atoms with Gasteiger partial charge in [-0.3, -0.25) is 4.79 Å². The van der Waals surface area contributed by atoms with Gasteiger partial charge in [0.2, 0.25) is 0 Å². The van der Waals surface area contributed by atoms with Crippen LogP contribution >= 0.6 is 23.2 Å². The van der Waals surface area contributed by atoms with E-state index in [0.717, 1.165) is 5.76 Å². The predicted molar refractivity (Wildman–Crippen MR) is 81.1 cm³/mol. The molecular weight excluding hydrogens is 315 g/mol. The summed E-state index contributed by atoms with van der Waals surface area (Å²) in [5.74, 6) is 1.28. The molecule has 0 fully saturated rings. The molecule has 1 aromatic heterocycles. The number of hydrogen-bond donors (Lipinski definition) is 1. The van der Waals surface area contributed by atoms with Crippen LogP contribution in [0.2, 0.25) is 10.0 Å². The van der Waals surface area contributed by atoms with Crippen LogP contribution in [0.5, 0.6) is 5.75 Å². The zero-order valence-corrected chi connectivity index (χ0v) is 12.6. The van der Waals surface area contributed by atoms with Crippen LogP contribution in [-0.4, -0.2) is 18.7 Å². The Bertz CT molecular complexity index is 668. The average Bonchev–Trinajstić information content (AvgIpc) is 2.83. The molecule has 1 amide bonds. The van der Waals surface area contributed by atoms with Crippen molar-refractivity contribution < 1.29 is 13.9 Å². The minimum Gasteiger partial charge on any atom is -0.482 e. The SMILES string of the molecule is Cc1ccc(C=NNC(=O)COc2ccc(Cl)cc2Cl)o1. The second-order valence-corrected chi connectivity index (χ2v) is 4.95. The minimum atomic E-state index is -0.416. The van der Waals surface area contributed by atoms with Crippen LogP contribution < -0.4 is 10.2 Å². The molecule has 0 saturated carbocycles. The standard InChI is InChI=1S/C14H12Cl2N2O3/c1-9-2-4-11(21-9)7-17-18-14(19)8-20-13-5-3-10(15)6-12(13)16/h2-7H,8H2,1H3,(H,18,19). The van der Waals surface area contributed by atoms with E-state index < -0.39 is 5.91 Å². The van der Waals surface area contributed by atoms with Crippen LogP contribution in [0.1, 0.15) is 11.5 Å². The molecule has 0 aliphatic carbocycles. The van der Waals surface area contributed by atoms with E-state index in [2.05, 4.69) is 10.5 Å². The van der Waals surface area contributed by atoms with Crippen LogP contribution in [0.4, 0.5) is 0 Å². The van der Waals surface area contributed by atoms with Gasteiger partial charge in [-0.25, -0.2) is 5.43 Å². The molecule has 0 saturated heterocycles. The number of carbonyl (C=O) groups is 1. The summed E-state index contributed by atoms with van der Waals surface area (Å²) in [6.07, 6.45) is 1.40. The lowest BCUT2D eigenvalue weighted by molar-refractivity contribution is -0.123. The molecule has 2 rings (SSSR count). The van der Waals surface area contributed by atoms with E-state index in [-0.39, 0.29) is 6.61 Å². The highest BCUT2D eigenvalue weighted by molar-refractivity contribution is 6.35. The van der Waals surface area contributed by atoms with E-state index in [4.69, 9.17) is 32.4 Å². The fourth-order valence-electron chi connectivity index (χ4n) is 1.46. The quantitative estimate of drug-likeness (QED) is 0.676. The number of rotatable bonds is 5. The average molecular weight is 327 g/mol. The normalized spacial score (nSPS) is 10.8. The topological polar surface area (TPSA) is 63.8 Å². The summed E-state index contributed by atoms with van der Waals surface area (Å²) in [6.45, 7) is 1.61. The molecule has 7 heteroatoms. The molecule has 1 heterocycles. The first kappa shape index (κ1) is 15.4. The molecule has 1 N–H and O–H groups in total. The van der Waals surface area contributed by atoms with Gasteiger partial charge < -0.3 is 9.15 Å². The Balaban J connectivity index is 1.81. The van der Waals surface area contributed by atoms with Gasteiger partial charge in [0.15, 0.2) is 6.61 Å². The number of aryl methyl sites for hydroxylation is 1. The maximum atomic E-state index is 11.5. The Morgan fingerprint density at radius 3 is 2.86 bits per heavy atom. The number of carbonyl (C=O) groups excluding carboxylic acids is 1. The third kappa shape index (κ3) is 4.81. The van der Waals surface area contributed by atoms with Crippen molar-refractivity contribution in [2.45, 2.75) is 6.92 Å². The summed E-state index contributed by atoms with van der Waals surface area (Å²) in [7, 11) is 0. The summed E-state index contributed by atoms with van der Waals surface area (Å²) in [5, 5.41) is 4.58. The largest absolute Gasteiger partial charge is 0.482 e. The molecule has 0 bridgehead atoms. The van der Waals surface area contributed by atoms with Crippen molar-refractivity contribution in [1.82, 2.24) is 5.43 Å². The van der Waals surface area contributed by atoms with Crippen LogP contribution in [0, 0.1) is 6.92 Å². The fourth-order valence-corrected chi connectivity index (χ4v) is 1.92. The third-order valence-corrected chi connectivity index (χ3v) is 2.93. The predicted octanol–water partition coefficient (Wildman–Crippen LogP) is 3.42. The van der Waals surface area contributed by atoms with E-state index in [1.165, 1.54) is 12.3 Å². The highest BCUT2D eigenvalue weighted by Gasteiger charge is 2.05. The maximum absolute atomic E-state index is 11.5. The van der Waals surface area contributed by atoms with Crippen molar-refractivity contribution in [2.75, 3.05) is 6.61 Å². The molecule has 0 aliphatic heterocycles. The van der Waals surface area contributed by atoms with Gasteiger partial charge >= 0.3 is 0 Å². The van der Waals surface area contributed by atoms with Gasteiger partial charge in [0.25, 0.3) is 5.91 Å². The van der Waals surface area contributed by atoms with Crippen LogP contribution in [0.3, 0.4) is 0 Å². The lowest BCUT2D eigenvalue weighted by Crippen LogP contribution is -2.24. The lowest BCUT2D eigenvalue weighted by atomic mass is 10.3. The Morgan fingerprint density at radius 2 is 2.19 bits per heavy atom. The summed E-state index contributed by atoms with van der Waals surface area (Å²) in [6, 6.07) is 8.29. The zero-order valence-electron chi connectivity index (χ0n) is 11.1. The van der Waals surface area contributed by atoms with Crippen molar-refractivity contribution in [3.8, 4) is 5.75 Å². The van der Waals surface area contributed by atoms with E-state index >= 15 is 0 Å². The number of hydrazone groups is 1.